The molecule has 0 unspecified atom stereocenters. The first-order valence-corrected chi connectivity index (χ1v) is 8.29. The minimum atomic E-state index is -3.81. The lowest BCUT2D eigenvalue weighted by molar-refractivity contribution is 0.577. The fourth-order valence-corrected chi connectivity index (χ4v) is 3.90. The van der Waals surface area contributed by atoms with Crippen molar-refractivity contribution in [3.63, 3.8) is 0 Å². The molecule has 3 aromatic rings. The molecule has 110 valence electrons. The van der Waals surface area contributed by atoms with Crippen molar-refractivity contribution in [2.75, 3.05) is 5.73 Å². The number of nitrogens with one attached hydrogen (secondary N) is 1. The van der Waals surface area contributed by atoms with Crippen LogP contribution in [0.1, 0.15) is 5.56 Å². The molecule has 0 saturated carbocycles. The molecule has 3 rings (SSSR count). The molecule has 0 aliphatic carbocycles. The SMILES string of the molecule is Nc1nc2sccn2c1S(=O)(=O)NCc1ccc(F)cc1. The lowest BCUT2D eigenvalue weighted by Gasteiger charge is -2.06. The lowest BCUT2D eigenvalue weighted by Crippen LogP contribution is -2.25. The summed E-state index contributed by atoms with van der Waals surface area (Å²) in [5.41, 5.74) is 6.32. The molecule has 9 heteroatoms. The number of thiazole rings is 1. The quantitative estimate of drug-likeness (QED) is 0.762. The van der Waals surface area contributed by atoms with Crippen molar-refractivity contribution in [3.8, 4) is 0 Å². The van der Waals surface area contributed by atoms with Crippen LogP contribution < -0.4 is 10.5 Å². The van der Waals surface area contributed by atoms with Gasteiger partial charge in [0.05, 0.1) is 0 Å². The van der Waals surface area contributed by atoms with Gasteiger partial charge >= 0.3 is 0 Å². The van der Waals surface area contributed by atoms with Crippen LogP contribution in [0.4, 0.5) is 10.2 Å². The molecule has 0 fully saturated rings. The molecular weight excluding hydrogens is 315 g/mol. The number of sulfonamides is 1. The van der Waals surface area contributed by atoms with Gasteiger partial charge in [-0.1, -0.05) is 12.1 Å². The maximum Gasteiger partial charge on any atom is 0.260 e. The maximum absolute atomic E-state index is 12.8. The number of aromatic nitrogens is 2. The van der Waals surface area contributed by atoms with Gasteiger partial charge in [-0.15, -0.1) is 11.3 Å². The van der Waals surface area contributed by atoms with Crippen molar-refractivity contribution < 1.29 is 12.8 Å². The van der Waals surface area contributed by atoms with E-state index in [1.165, 1.54) is 40.0 Å². The van der Waals surface area contributed by atoms with Crippen molar-refractivity contribution in [2.24, 2.45) is 0 Å². The highest BCUT2D eigenvalue weighted by Gasteiger charge is 2.24. The summed E-state index contributed by atoms with van der Waals surface area (Å²) in [6, 6.07) is 5.57. The number of hydrogen-bond acceptors (Lipinski definition) is 5. The van der Waals surface area contributed by atoms with Crippen LogP contribution in [-0.2, 0) is 16.6 Å². The molecular formula is C12H11FN4O2S2. The highest BCUT2D eigenvalue weighted by molar-refractivity contribution is 7.89. The Morgan fingerprint density at radius 2 is 2.05 bits per heavy atom. The Labute approximate surface area is 124 Å². The highest BCUT2D eigenvalue weighted by Crippen LogP contribution is 2.23. The molecule has 0 aliphatic rings. The summed E-state index contributed by atoms with van der Waals surface area (Å²) >= 11 is 1.29. The van der Waals surface area contributed by atoms with Crippen LogP contribution in [0.25, 0.3) is 4.96 Å². The third-order valence-electron chi connectivity index (χ3n) is 2.88. The topological polar surface area (TPSA) is 89.5 Å². The largest absolute Gasteiger partial charge is 0.381 e. The van der Waals surface area contributed by atoms with E-state index in [-0.39, 0.29) is 23.2 Å². The Morgan fingerprint density at radius 1 is 1.33 bits per heavy atom. The van der Waals surface area contributed by atoms with E-state index in [0.29, 0.717) is 10.5 Å². The molecule has 1 aromatic carbocycles. The molecule has 21 heavy (non-hydrogen) atoms. The Morgan fingerprint density at radius 3 is 2.76 bits per heavy atom. The predicted octanol–water partition coefficient (Wildman–Crippen LogP) is 1.60. The summed E-state index contributed by atoms with van der Waals surface area (Å²) in [7, 11) is -3.81. The van der Waals surface area contributed by atoms with E-state index < -0.39 is 10.0 Å². The first-order valence-electron chi connectivity index (χ1n) is 5.92. The third kappa shape index (κ3) is 2.62. The van der Waals surface area contributed by atoms with Gasteiger partial charge in [0, 0.05) is 18.1 Å². The number of nitrogens with two attached hydrogens (primary N) is 1. The third-order valence-corrected chi connectivity index (χ3v) is 5.07. The number of nitrogen functional groups attached to an aromatic ring is 1. The Bertz CT molecular complexity index is 884. The molecule has 0 amide bonds. The molecule has 0 spiro atoms. The summed E-state index contributed by atoms with van der Waals surface area (Å²) in [5, 5.41) is 1.64. The molecule has 0 atom stereocenters. The molecule has 0 radical (unpaired) electrons. The number of halogens is 1. The summed E-state index contributed by atoms with van der Waals surface area (Å²) in [6.07, 6.45) is 1.59. The molecule has 0 aliphatic heterocycles. The Hall–Kier alpha value is -1.97. The number of fused-ring (bicyclic) bond motifs is 1. The normalized spacial score (nSPS) is 12.0. The molecule has 6 nitrogen and oxygen atoms in total. The monoisotopic (exact) mass is 326 g/mol. The van der Waals surface area contributed by atoms with E-state index in [0.717, 1.165) is 0 Å². The highest BCUT2D eigenvalue weighted by atomic mass is 32.2. The minimum Gasteiger partial charge on any atom is -0.381 e. The van der Waals surface area contributed by atoms with Crippen LogP contribution >= 0.6 is 11.3 Å². The maximum atomic E-state index is 12.8. The van der Waals surface area contributed by atoms with Crippen LogP contribution in [0.15, 0.2) is 40.9 Å². The van der Waals surface area contributed by atoms with E-state index in [1.807, 2.05) is 0 Å². The molecule has 2 aromatic heterocycles. The number of hydrogen-bond donors (Lipinski definition) is 2. The van der Waals surface area contributed by atoms with Crippen molar-refractivity contribution >= 4 is 32.1 Å². The van der Waals surface area contributed by atoms with Gasteiger partial charge in [0.25, 0.3) is 10.0 Å². The summed E-state index contributed by atoms with van der Waals surface area (Å²) in [5.74, 6) is -0.421. The number of rotatable bonds is 4. The number of nitrogens with zero attached hydrogens (tertiary/aromatic N) is 2. The van der Waals surface area contributed by atoms with Gasteiger partial charge in [0.15, 0.2) is 15.8 Å². The van der Waals surface area contributed by atoms with Crippen LogP contribution in [0.3, 0.4) is 0 Å². The average Bonchev–Trinajstić information content (AvgIpc) is 2.97. The van der Waals surface area contributed by atoms with Gasteiger partial charge in [0.2, 0.25) is 0 Å². The molecule has 2 heterocycles. The Balaban J connectivity index is 1.88. The van der Waals surface area contributed by atoms with Gasteiger partial charge in [-0.25, -0.2) is 22.5 Å². The Kier molecular flexibility index (Phi) is 3.40. The molecule has 0 bridgehead atoms. The van der Waals surface area contributed by atoms with Crippen LogP contribution in [0, 0.1) is 5.82 Å². The van der Waals surface area contributed by atoms with Gasteiger partial charge in [-0.05, 0) is 17.7 Å². The first-order chi connectivity index (χ1) is 9.97. The van der Waals surface area contributed by atoms with Gasteiger partial charge in [-0.2, -0.15) is 0 Å². The minimum absolute atomic E-state index is 0.0411. The van der Waals surface area contributed by atoms with Crippen LogP contribution in [0.2, 0.25) is 0 Å². The summed E-state index contributed by atoms with van der Waals surface area (Å²) in [6.45, 7) is 0.0411. The lowest BCUT2D eigenvalue weighted by atomic mass is 10.2. The zero-order valence-electron chi connectivity index (χ0n) is 10.7. The zero-order valence-corrected chi connectivity index (χ0v) is 12.3. The van der Waals surface area contributed by atoms with E-state index >= 15 is 0 Å². The second-order valence-electron chi connectivity index (χ2n) is 4.31. The number of imidazole rings is 1. The van der Waals surface area contributed by atoms with E-state index in [1.54, 1.807) is 11.6 Å². The second kappa shape index (κ2) is 5.10. The smallest absolute Gasteiger partial charge is 0.260 e. The van der Waals surface area contributed by atoms with E-state index in [2.05, 4.69) is 9.71 Å². The van der Waals surface area contributed by atoms with Crippen LogP contribution in [0.5, 0.6) is 0 Å². The van der Waals surface area contributed by atoms with Gasteiger partial charge < -0.3 is 5.73 Å². The standard InChI is InChI=1S/C12H11FN4O2S2/c13-9-3-1-8(2-4-9)7-15-21(18,19)11-10(14)16-12-17(11)5-6-20-12/h1-6,15H,7,14H2. The van der Waals surface area contributed by atoms with E-state index in [4.69, 9.17) is 5.73 Å². The summed E-state index contributed by atoms with van der Waals surface area (Å²) < 4.78 is 41.4. The van der Waals surface area contributed by atoms with Gasteiger partial charge in [0.1, 0.15) is 5.82 Å². The van der Waals surface area contributed by atoms with Crippen LogP contribution in [-0.4, -0.2) is 17.8 Å². The fraction of sp³-hybridized carbons (Fsp3) is 0.0833. The van der Waals surface area contributed by atoms with Crippen molar-refractivity contribution in [1.29, 1.82) is 0 Å². The molecule has 3 N–H and O–H groups in total. The van der Waals surface area contributed by atoms with E-state index in [9.17, 15) is 12.8 Å². The van der Waals surface area contributed by atoms with Crippen molar-refractivity contribution in [1.82, 2.24) is 14.1 Å². The van der Waals surface area contributed by atoms with Crippen molar-refractivity contribution in [2.45, 2.75) is 11.6 Å². The second-order valence-corrected chi connectivity index (χ2v) is 6.86. The predicted molar refractivity (Wildman–Crippen MR) is 77.9 cm³/mol. The zero-order chi connectivity index (χ0) is 15.0. The van der Waals surface area contributed by atoms with Crippen molar-refractivity contribution in [3.05, 3.63) is 47.2 Å². The fourth-order valence-electron chi connectivity index (χ4n) is 1.90. The number of anilines is 1. The van der Waals surface area contributed by atoms with Gasteiger partial charge in [-0.3, -0.25) is 4.40 Å². The summed E-state index contributed by atoms with van der Waals surface area (Å²) in [4.78, 5) is 4.51. The number of benzene rings is 1. The first kappa shape index (κ1) is 14.0. The molecule has 0 saturated heterocycles. The average molecular weight is 326 g/mol.